The summed E-state index contributed by atoms with van der Waals surface area (Å²) in [6.45, 7) is 7.68. The van der Waals surface area contributed by atoms with Crippen LogP contribution < -0.4 is 14.9 Å². The summed E-state index contributed by atoms with van der Waals surface area (Å²) in [5.74, 6) is -2.51. The number of carbonyl (C=O) groups is 2. The molecule has 0 spiro atoms. The van der Waals surface area contributed by atoms with E-state index in [-0.39, 0.29) is 39.6 Å². The molecule has 0 saturated heterocycles. The van der Waals surface area contributed by atoms with Crippen molar-refractivity contribution < 1.29 is 24.5 Å². The molecule has 4 aromatic rings. The number of benzene rings is 3. The monoisotopic (exact) mass is 485 g/mol. The highest BCUT2D eigenvalue weighted by Gasteiger charge is 2.26. The third-order valence-corrected chi connectivity index (χ3v) is 7.13. The van der Waals surface area contributed by atoms with Crippen molar-refractivity contribution in [2.24, 2.45) is 5.92 Å². The van der Waals surface area contributed by atoms with Gasteiger partial charge in [0.1, 0.15) is 5.75 Å². The molecule has 3 aromatic carbocycles. The zero-order valence-electron chi connectivity index (χ0n) is 21.2. The fourth-order valence-corrected chi connectivity index (χ4v) is 5.17. The Morgan fingerprint density at radius 2 is 1.42 bits per heavy atom. The first-order valence-corrected chi connectivity index (χ1v) is 12.5. The minimum absolute atomic E-state index is 0.0474. The summed E-state index contributed by atoms with van der Waals surface area (Å²) in [4.78, 5) is 25.0. The summed E-state index contributed by atoms with van der Waals surface area (Å²) < 4.78 is 7.89. The Morgan fingerprint density at radius 3 is 1.92 bits per heavy atom. The number of rotatable bonds is 10. The molecule has 0 aliphatic rings. The number of carbonyl (C=O) groups excluding carboxylic acids is 2. The summed E-state index contributed by atoms with van der Waals surface area (Å²) in [6, 6.07) is 15.3. The van der Waals surface area contributed by atoms with Gasteiger partial charge in [0.2, 0.25) is 0 Å². The number of unbranched alkanes of at least 4 members (excludes halogenated alkanes) is 1. The van der Waals surface area contributed by atoms with Gasteiger partial charge in [-0.25, -0.2) is 0 Å². The van der Waals surface area contributed by atoms with Crippen LogP contribution in [0.4, 0.5) is 0 Å². The van der Waals surface area contributed by atoms with Crippen LogP contribution in [0.5, 0.6) is 5.75 Å². The van der Waals surface area contributed by atoms with Crippen LogP contribution in [-0.4, -0.2) is 23.1 Å². The van der Waals surface area contributed by atoms with E-state index in [4.69, 9.17) is 4.74 Å². The van der Waals surface area contributed by atoms with Gasteiger partial charge in [0, 0.05) is 27.5 Å². The van der Waals surface area contributed by atoms with Crippen molar-refractivity contribution in [2.45, 2.75) is 53.4 Å². The summed E-state index contributed by atoms with van der Waals surface area (Å²) in [5.41, 5.74) is 2.08. The molecular formula is C30H31NO5-2. The third kappa shape index (κ3) is 4.32. The largest absolute Gasteiger partial charge is 0.545 e. The average Bonchev–Trinajstić information content (AvgIpc) is 3.19. The van der Waals surface area contributed by atoms with Gasteiger partial charge in [0.25, 0.3) is 0 Å². The minimum Gasteiger partial charge on any atom is -0.545 e. The highest BCUT2D eigenvalue weighted by molar-refractivity contribution is 6.11. The molecule has 0 aliphatic carbocycles. The molecule has 6 nitrogen and oxygen atoms in total. The Kier molecular flexibility index (Phi) is 7.34. The van der Waals surface area contributed by atoms with Gasteiger partial charge in [0.15, 0.2) is 0 Å². The number of fused-ring (bicyclic) bond motifs is 3. The lowest BCUT2D eigenvalue weighted by molar-refractivity contribution is -0.256. The Bertz CT molecular complexity index is 1400. The Hall–Kier alpha value is -3.80. The van der Waals surface area contributed by atoms with Gasteiger partial charge in [-0.2, -0.15) is 0 Å². The molecule has 0 radical (unpaired) electrons. The molecule has 188 valence electrons. The van der Waals surface area contributed by atoms with Gasteiger partial charge in [-0.3, -0.25) is 0 Å². The second-order valence-corrected chi connectivity index (χ2v) is 9.35. The zero-order chi connectivity index (χ0) is 26.0. The van der Waals surface area contributed by atoms with Crippen LogP contribution in [0.2, 0.25) is 0 Å². The Labute approximate surface area is 211 Å². The first-order valence-electron chi connectivity index (χ1n) is 12.5. The standard InChI is InChI=1S/C30H33NO5/c1-5-7-12-20(6-2)17-36-28-19(4)25(29(32)33)27(18(3)26(28)30(34)35)31-23-15-10-8-13-21(23)22-14-9-11-16-24(22)31/h8-11,13-16,20H,5-7,12,17H2,1-4H3,(H,32,33)(H,34,35)/p-2. The SMILES string of the molecule is CCCCC(CC)COc1c(C)c(C(=O)[O-])c(-n2c3ccccc3c3ccccc32)c(C)c1C(=O)[O-]. The van der Waals surface area contributed by atoms with E-state index in [0.717, 1.165) is 47.5 Å². The van der Waals surface area contributed by atoms with Crippen LogP contribution in [0.25, 0.3) is 27.5 Å². The molecule has 0 amide bonds. The maximum atomic E-state index is 12.6. The number of aromatic nitrogens is 1. The van der Waals surface area contributed by atoms with Crippen LogP contribution in [0.3, 0.4) is 0 Å². The summed E-state index contributed by atoms with van der Waals surface area (Å²) in [7, 11) is 0. The number of hydrogen-bond acceptors (Lipinski definition) is 5. The van der Waals surface area contributed by atoms with E-state index in [2.05, 4.69) is 13.8 Å². The summed E-state index contributed by atoms with van der Waals surface area (Å²) in [6.07, 6.45) is 3.94. The number of carboxylic acids is 2. The maximum absolute atomic E-state index is 12.6. The van der Waals surface area contributed by atoms with Crippen molar-refractivity contribution in [3.05, 3.63) is 70.8 Å². The van der Waals surface area contributed by atoms with Crippen molar-refractivity contribution in [1.82, 2.24) is 4.57 Å². The Morgan fingerprint density at radius 1 is 0.861 bits per heavy atom. The van der Waals surface area contributed by atoms with Crippen molar-refractivity contribution in [1.29, 1.82) is 0 Å². The smallest absolute Gasteiger partial charge is 0.132 e. The van der Waals surface area contributed by atoms with Crippen molar-refractivity contribution in [2.75, 3.05) is 6.61 Å². The highest BCUT2D eigenvalue weighted by Crippen LogP contribution is 2.40. The molecule has 6 heteroatoms. The first kappa shape index (κ1) is 25.3. The number of hydrogen-bond donors (Lipinski definition) is 0. The molecule has 1 aromatic heterocycles. The van der Waals surface area contributed by atoms with E-state index in [0.29, 0.717) is 6.61 Å². The number of ether oxygens (including phenoxy) is 1. The van der Waals surface area contributed by atoms with Crippen molar-refractivity contribution in [3.63, 3.8) is 0 Å². The van der Waals surface area contributed by atoms with Crippen LogP contribution in [0.15, 0.2) is 48.5 Å². The molecule has 36 heavy (non-hydrogen) atoms. The Balaban J connectivity index is 2.01. The molecule has 1 atom stereocenters. The minimum atomic E-state index is -1.40. The van der Waals surface area contributed by atoms with Gasteiger partial charge < -0.3 is 29.1 Å². The van der Waals surface area contributed by atoms with Gasteiger partial charge in [-0.1, -0.05) is 69.5 Å². The third-order valence-electron chi connectivity index (χ3n) is 7.13. The molecule has 0 fully saturated rings. The zero-order valence-corrected chi connectivity index (χ0v) is 21.2. The van der Waals surface area contributed by atoms with Gasteiger partial charge in [-0.05, 0) is 43.9 Å². The molecule has 0 aliphatic heterocycles. The van der Waals surface area contributed by atoms with Crippen molar-refractivity contribution in [3.8, 4) is 11.4 Å². The first-order chi connectivity index (χ1) is 17.3. The molecule has 1 heterocycles. The molecule has 0 saturated carbocycles. The lowest BCUT2D eigenvalue weighted by Crippen LogP contribution is -2.30. The predicted octanol–water partition coefficient (Wildman–Crippen LogP) is 4.72. The van der Waals surface area contributed by atoms with Gasteiger partial charge in [-0.15, -0.1) is 0 Å². The highest BCUT2D eigenvalue weighted by atomic mass is 16.5. The predicted molar refractivity (Wildman–Crippen MR) is 138 cm³/mol. The van der Waals surface area contributed by atoms with E-state index >= 15 is 0 Å². The average molecular weight is 486 g/mol. The van der Waals surface area contributed by atoms with Crippen LogP contribution in [0.1, 0.15) is 71.4 Å². The molecule has 0 N–H and O–H groups in total. The van der Waals surface area contributed by atoms with Gasteiger partial charge >= 0.3 is 0 Å². The fraction of sp³-hybridized carbons (Fsp3) is 0.333. The van der Waals surface area contributed by atoms with Crippen LogP contribution in [0, 0.1) is 19.8 Å². The maximum Gasteiger partial charge on any atom is 0.132 e. The second kappa shape index (κ2) is 10.4. The molecule has 1 unspecified atom stereocenters. The summed E-state index contributed by atoms with van der Waals surface area (Å²) >= 11 is 0. The lowest BCUT2D eigenvalue weighted by Gasteiger charge is -2.27. The number of para-hydroxylation sites is 2. The van der Waals surface area contributed by atoms with Crippen LogP contribution >= 0.6 is 0 Å². The van der Waals surface area contributed by atoms with Crippen molar-refractivity contribution >= 4 is 33.7 Å². The number of carboxylic acid groups (broad SMARTS) is 2. The topological polar surface area (TPSA) is 94.4 Å². The fourth-order valence-electron chi connectivity index (χ4n) is 5.17. The number of nitrogens with zero attached hydrogens (tertiary/aromatic N) is 1. The number of aromatic carboxylic acids is 2. The van der Waals surface area contributed by atoms with E-state index in [9.17, 15) is 19.8 Å². The van der Waals surface area contributed by atoms with Gasteiger partial charge in [0.05, 0.1) is 35.3 Å². The molecular weight excluding hydrogens is 454 g/mol. The summed E-state index contributed by atoms with van der Waals surface area (Å²) in [5, 5.41) is 26.9. The van der Waals surface area contributed by atoms with Crippen LogP contribution in [-0.2, 0) is 0 Å². The van der Waals surface area contributed by atoms with E-state index in [1.54, 1.807) is 13.8 Å². The normalized spacial score (nSPS) is 12.2. The second-order valence-electron chi connectivity index (χ2n) is 9.35. The van der Waals surface area contributed by atoms with E-state index in [1.165, 1.54) is 0 Å². The quantitative estimate of drug-likeness (QED) is 0.324. The molecule has 4 rings (SSSR count). The van der Waals surface area contributed by atoms with E-state index < -0.39 is 11.9 Å². The van der Waals surface area contributed by atoms with E-state index in [1.807, 2.05) is 53.1 Å². The lowest BCUT2D eigenvalue weighted by atomic mass is 9.94. The molecule has 0 bridgehead atoms.